The van der Waals surface area contributed by atoms with Crippen LogP contribution in [0.5, 0.6) is 0 Å². The third-order valence-corrected chi connectivity index (χ3v) is 3.36. The second kappa shape index (κ2) is 6.81. The molecule has 0 aromatic carbocycles. The van der Waals surface area contributed by atoms with E-state index in [4.69, 9.17) is 4.74 Å². The Hall–Kier alpha value is -0.600. The van der Waals surface area contributed by atoms with Crippen molar-refractivity contribution in [2.75, 3.05) is 13.2 Å². The van der Waals surface area contributed by atoms with E-state index in [0.717, 1.165) is 26.1 Å². The SMILES string of the molecule is CC/C=C(/COCC)c1sccc1CC. The number of rotatable bonds is 6. The van der Waals surface area contributed by atoms with E-state index in [-0.39, 0.29) is 0 Å². The summed E-state index contributed by atoms with van der Waals surface area (Å²) < 4.78 is 5.51. The Morgan fingerprint density at radius 1 is 1.40 bits per heavy atom. The molecule has 0 radical (unpaired) electrons. The summed E-state index contributed by atoms with van der Waals surface area (Å²) in [5, 5.41) is 2.17. The van der Waals surface area contributed by atoms with Gasteiger partial charge in [0.2, 0.25) is 0 Å². The lowest BCUT2D eigenvalue weighted by atomic mass is 10.1. The van der Waals surface area contributed by atoms with Gasteiger partial charge in [0.05, 0.1) is 6.61 Å². The van der Waals surface area contributed by atoms with Crippen LogP contribution in [0.2, 0.25) is 0 Å². The van der Waals surface area contributed by atoms with E-state index >= 15 is 0 Å². The minimum Gasteiger partial charge on any atom is -0.377 e. The van der Waals surface area contributed by atoms with Gasteiger partial charge in [-0.05, 0) is 42.3 Å². The van der Waals surface area contributed by atoms with Crippen LogP contribution in [0.1, 0.15) is 37.6 Å². The zero-order valence-electron chi connectivity index (χ0n) is 9.88. The highest BCUT2D eigenvalue weighted by Crippen LogP contribution is 2.26. The van der Waals surface area contributed by atoms with Crippen molar-refractivity contribution >= 4 is 16.9 Å². The number of allylic oxidation sites excluding steroid dienone is 1. The Kier molecular flexibility index (Phi) is 5.66. The first-order chi connectivity index (χ1) is 7.33. The van der Waals surface area contributed by atoms with Crippen LogP contribution >= 0.6 is 11.3 Å². The molecule has 0 aliphatic rings. The summed E-state index contributed by atoms with van der Waals surface area (Å²) >= 11 is 1.82. The summed E-state index contributed by atoms with van der Waals surface area (Å²) in [5.74, 6) is 0. The van der Waals surface area contributed by atoms with Crippen molar-refractivity contribution in [1.82, 2.24) is 0 Å². The van der Waals surface area contributed by atoms with Crippen molar-refractivity contribution in [3.05, 3.63) is 28.0 Å². The third-order valence-electron chi connectivity index (χ3n) is 2.33. The minimum atomic E-state index is 0.748. The number of hydrogen-bond donors (Lipinski definition) is 0. The lowest BCUT2D eigenvalue weighted by molar-refractivity contribution is 0.182. The Balaban J connectivity index is 2.84. The molecular weight excluding hydrogens is 204 g/mol. The molecule has 1 aromatic rings. The summed E-state index contributed by atoms with van der Waals surface area (Å²) in [4.78, 5) is 1.41. The van der Waals surface area contributed by atoms with Crippen LogP contribution in [0.4, 0.5) is 0 Å². The molecule has 1 aromatic heterocycles. The maximum absolute atomic E-state index is 5.51. The molecule has 1 nitrogen and oxygen atoms in total. The second-order valence-corrected chi connectivity index (χ2v) is 4.32. The Morgan fingerprint density at radius 2 is 2.20 bits per heavy atom. The van der Waals surface area contributed by atoms with Crippen LogP contribution in [-0.4, -0.2) is 13.2 Å². The van der Waals surface area contributed by atoms with E-state index in [1.54, 1.807) is 0 Å². The van der Waals surface area contributed by atoms with E-state index in [1.807, 2.05) is 18.3 Å². The van der Waals surface area contributed by atoms with Gasteiger partial charge in [-0.1, -0.05) is 19.9 Å². The highest BCUT2D eigenvalue weighted by molar-refractivity contribution is 7.11. The van der Waals surface area contributed by atoms with Gasteiger partial charge in [-0.15, -0.1) is 11.3 Å². The van der Waals surface area contributed by atoms with Gasteiger partial charge >= 0.3 is 0 Å². The average Bonchev–Trinajstić information content (AvgIpc) is 2.72. The van der Waals surface area contributed by atoms with Gasteiger partial charge in [0.15, 0.2) is 0 Å². The van der Waals surface area contributed by atoms with Gasteiger partial charge in [0, 0.05) is 11.5 Å². The molecule has 0 amide bonds. The number of thiophene rings is 1. The highest BCUT2D eigenvalue weighted by Gasteiger charge is 2.07. The Morgan fingerprint density at radius 3 is 2.80 bits per heavy atom. The van der Waals surface area contributed by atoms with Crippen LogP contribution in [0.3, 0.4) is 0 Å². The first kappa shape index (κ1) is 12.5. The molecule has 15 heavy (non-hydrogen) atoms. The van der Waals surface area contributed by atoms with E-state index < -0.39 is 0 Å². The maximum Gasteiger partial charge on any atom is 0.0727 e. The molecule has 1 heterocycles. The molecule has 0 N–H and O–H groups in total. The van der Waals surface area contributed by atoms with Gasteiger partial charge in [-0.2, -0.15) is 0 Å². The quantitative estimate of drug-likeness (QED) is 0.705. The van der Waals surface area contributed by atoms with Crippen molar-refractivity contribution < 1.29 is 4.74 Å². The Bertz CT molecular complexity index is 312. The van der Waals surface area contributed by atoms with Crippen LogP contribution in [0.15, 0.2) is 17.5 Å². The molecule has 0 spiro atoms. The number of ether oxygens (including phenoxy) is 1. The predicted octanol–water partition coefficient (Wildman–Crippen LogP) is 4.14. The lowest BCUT2D eigenvalue weighted by Crippen LogP contribution is -1.98. The average molecular weight is 224 g/mol. The largest absolute Gasteiger partial charge is 0.377 e. The topological polar surface area (TPSA) is 9.23 Å². The van der Waals surface area contributed by atoms with E-state index in [0.29, 0.717) is 0 Å². The first-order valence-corrected chi connectivity index (χ1v) is 6.54. The van der Waals surface area contributed by atoms with Crippen LogP contribution in [0.25, 0.3) is 5.57 Å². The fraction of sp³-hybridized carbons (Fsp3) is 0.538. The van der Waals surface area contributed by atoms with Crippen LogP contribution in [-0.2, 0) is 11.2 Å². The van der Waals surface area contributed by atoms with Gasteiger partial charge in [-0.25, -0.2) is 0 Å². The van der Waals surface area contributed by atoms with Crippen molar-refractivity contribution in [3.63, 3.8) is 0 Å². The van der Waals surface area contributed by atoms with Crippen LogP contribution in [0, 0.1) is 0 Å². The minimum absolute atomic E-state index is 0.748. The number of hydrogen-bond acceptors (Lipinski definition) is 2. The third kappa shape index (κ3) is 3.47. The molecule has 0 aliphatic heterocycles. The van der Waals surface area contributed by atoms with E-state index in [1.165, 1.54) is 16.0 Å². The fourth-order valence-electron chi connectivity index (χ4n) is 1.57. The summed E-state index contributed by atoms with van der Waals surface area (Å²) in [6.45, 7) is 7.95. The normalized spacial score (nSPS) is 12.1. The first-order valence-electron chi connectivity index (χ1n) is 5.66. The molecular formula is C13H20OS. The van der Waals surface area contributed by atoms with Gasteiger partial charge < -0.3 is 4.74 Å². The number of aryl methyl sites for hydroxylation is 1. The Labute approximate surface area is 96.8 Å². The maximum atomic E-state index is 5.51. The monoisotopic (exact) mass is 224 g/mol. The fourth-order valence-corrected chi connectivity index (χ4v) is 2.60. The summed E-state index contributed by atoms with van der Waals surface area (Å²) in [6, 6.07) is 2.22. The molecule has 0 bridgehead atoms. The van der Waals surface area contributed by atoms with Gasteiger partial charge in [0.1, 0.15) is 0 Å². The highest BCUT2D eigenvalue weighted by atomic mass is 32.1. The van der Waals surface area contributed by atoms with E-state index in [2.05, 4.69) is 31.4 Å². The molecule has 0 aliphatic carbocycles. The molecule has 1 rings (SSSR count). The smallest absolute Gasteiger partial charge is 0.0727 e. The summed E-state index contributed by atoms with van der Waals surface area (Å²) in [5.41, 5.74) is 2.80. The van der Waals surface area contributed by atoms with E-state index in [9.17, 15) is 0 Å². The van der Waals surface area contributed by atoms with Crippen molar-refractivity contribution in [1.29, 1.82) is 0 Å². The van der Waals surface area contributed by atoms with Gasteiger partial charge in [0.25, 0.3) is 0 Å². The van der Waals surface area contributed by atoms with Gasteiger partial charge in [-0.3, -0.25) is 0 Å². The summed E-state index contributed by atoms with van der Waals surface area (Å²) in [7, 11) is 0. The zero-order valence-corrected chi connectivity index (χ0v) is 10.7. The molecule has 84 valence electrons. The molecule has 0 fully saturated rings. The predicted molar refractivity (Wildman–Crippen MR) is 68.5 cm³/mol. The summed E-state index contributed by atoms with van der Waals surface area (Å²) in [6.07, 6.45) is 4.45. The van der Waals surface area contributed by atoms with Crippen molar-refractivity contribution in [3.8, 4) is 0 Å². The molecule has 2 heteroatoms. The molecule has 0 saturated heterocycles. The van der Waals surface area contributed by atoms with Crippen LogP contribution < -0.4 is 0 Å². The van der Waals surface area contributed by atoms with Crippen molar-refractivity contribution in [2.45, 2.75) is 33.6 Å². The van der Waals surface area contributed by atoms with Crippen molar-refractivity contribution in [2.24, 2.45) is 0 Å². The zero-order chi connectivity index (χ0) is 11.1. The molecule has 0 saturated carbocycles. The molecule has 0 unspecified atom stereocenters. The molecule has 0 atom stereocenters. The second-order valence-electron chi connectivity index (χ2n) is 3.40. The lowest BCUT2D eigenvalue weighted by Gasteiger charge is -2.07. The standard InChI is InChI=1S/C13H20OS/c1-4-7-12(10-14-6-3)13-11(5-2)8-9-15-13/h7-9H,4-6,10H2,1-3H3/b12-7-.